The highest BCUT2D eigenvalue weighted by atomic mass is 32.2. The van der Waals surface area contributed by atoms with E-state index in [1.165, 1.54) is 5.69 Å². The molecule has 33 heavy (non-hydrogen) atoms. The van der Waals surface area contributed by atoms with Crippen molar-refractivity contribution in [2.24, 2.45) is 0 Å². The molecular formula is C24H40N4O4S. The summed E-state index contributed by atoms with van der Waals surface area (Å²) in [5.41, 5.74) is 4.13. The Morgan fingerprint density at radius 1 is 1.03 bits per heavy atom. The molecule has 0 saturated carbocycles. The van der Waals surface area contributed by atoms with E-state index in [0.29, 0.717) is 25.9 Å². The zero-order chi connectivity index (χ0) is 24.6. The Morgan fingerprint density at radius 2 is 1.61 bits per heavy atom. The van der Waals surface area contributed by atoms with Crippen molar-refractivity contribution in [2.45, 2.75) is 84.3 Å². The molecule has 2 saturated heterocycles. The van der Waals surface area contributed by atoms with Gasteiger partial charge < -0.3 is 19.9 Å². The maximum absolute atomic E-state index is 12.9. The number of anilines is 2. The fraction of sp³-hybridized carbons (Fsp3) is 0.708. The van der Waals surface area contributed by atoms with Crippen molar-refractivity contribution in [3.05, 3.63) is 23.3 Å². The van der Waals surface area contributed by atoms with Crippen molar-refractivity contribution in [2.75, 3.05) is 36.4 Å². The van der Waals surface area contributed by atoms with E-state index in [9.17, 15) is 13.2 Å². The lowest BCUT2D eigenvalue weighted by atomic mass is 10.1. The number of urea groups is 1. The first kappa shape index (κ1) is 25.8. The number of amides is 2. The minimum absolute atomic E-state index is 0.139. The molecule has 1 aromatic carbocycles. The van der Waals surface area contributed by atoms with Gasteiger partial charge in [-0.25, -0.2) is 17.9 Å². The predicted octanol–water partition coefficient (Wildman–Crippen LogP) is 3.63. The van der Waals surface area contributed by atoms with E-state index < -0.39 is 14.8 Å². The maximum Gasteiger partial charge on any atom is 0.321 e. The second-order valence-corrected chi connectivity index (χ2v) is 13.0. The Balaban J connectivity index is 1.60. The van der Waals surface area contributed by atoms with E-state index in [1.807, 2.05) is 13.0 Å². The lowest BCUT2D eigenvalue weighted by Gasteiger charge is -2.38. The van der Waals surface area contributed by atoms with Crippen LogP contribution in [0, 0.1) is 13.8 Å². The summed E-state index contributed by atoms with van der Waals surface area (Å²) in [7, 11) is -3.40. The lowest BCUT2D eigenvalue weighted by molar-refractivity contribution is -0.00525. The molecule has 2 atom stereocenters. The van der Waals surface area contributed by atoms with E-state index in [4.69, 9.17) is 4.74 Å². The summed E-state index contributed by atoms with van der Waals surface area (Å²) < 4.78 is 32.6. The van der Waals surface area contributed by atoms with Gasteiger partial charge in [-0.1, -0.05) is 0 Å². The summed E-state index contributed by atoms with van der Waals surface area (Å²) in [5, 5.41) is 3.06. The molecule has 2 fully saturated rings. The number of hydrogen-bond donors (Lipinski definition) is 2. The number of nitrogens with one attached hydrogen (secondary N) is 2. The predicted molar refractivity (Wildman–Crippen MR) is 134 cm³/mol. The normalized spacial score (nSPS) is 23.0. The summed E-state index contributed by atoms with van der Waals surface area (Å²) in [6.07, 6.45) is 1.58. The van der Waals surface area contributed by atoms with Gasteiger partial charge in [0.15, 0.2) is 0 Å². The molecule has 2 aliphatic heterocycles. The Bertz CT molecular complexity index is 955. The van der Waals surface area contributed by atoms with Crippen molar-refractivity contribution >= 4 is 27.4 Å². The third-order valence-corrected chi connectivity index (χ3v) is 8.71. The molecule has 2 N–H and O–H groups in total. The van der Waals surface area contributed by atoms with Crippen LogP contribution in [-0.4, -0.2) is 68.5 Å². The number of carbonyl (C=O) groups excluding carboxylic acids is 1. The van der Waals surface area contributed by atoms with Gasteiger partial charge in [-0.3, -0.25) is 0 Å². The van der Waals surface area contributed by atoms with Crippen molar-refractivity contribution in [1.82, 2.24) is 9.62 Å². The number of morpholine rings is 1. The molecule has 9 heteroatoms. The van der Waals surface area contributed by atoms with Gasteiger partial charge in [0, 0.05) is 43.6 Å². The molecule has 3 rings (SSSR count). The zero-order valence-corrected chi connectivity index (χ0v) is 21.9. The van der Waals surface area contributed by atoms with E-state index in [2.05, 4.69) is 41.8 Å². The van der Waals surface area contributed by atoms with Gasteiger partial charge in [-0.05, 0) is 84.6 Å². The molecule has 0 aliphatic carbocycles. The molecule has 186 valence electrons. The highest BCUT2D eigenvalue weighted by Gasteiger charge is 2.33. The fourth-order valence-corrected chi connectivity index (χ4v) is 5.47. The first-order valence-corrected chi connectivity index (χ1v) is 13.3. The highest BCUT2D eigenvalue weighted by molar-refractivity contribution is 7.90. The lowest BCUT2D eigenvalue weighted by Crippen LogP contribution is -2.50. The zero-order valence-electron chi connectivity index (χ0n) is 21.1. The van der Waals surface area contributed by atoms with Crippen molar-refractivity contribution in [3.8, 4) is 0 Å². The Kier molecular flexibility index (Phi) is 7.65. The molecule has 2 unspecified atom stereocenters. The van der Waals surface area contributed by atoms with Crippen LogP contribution >= 0.6 is 0 Å². The largest absolute Gasteiger partial charge is 0.372 e. The number of rotatable bonds is 4. The average Bonchev–Trinajstić information content (AvgIpc) is 2.69. The first-order valence-electron chi connectivity index (χ1n) is 11.9. The molecule has 2 aliphatic rings. The van der Waals surface area contributed by atoms with Crippen molar-refractivity contribution in [3.63, 3.8) is 0 Å². The summed E-state index contributed by atoms with van der Waals surface area (Å²) in [4.78, 5) is 17.0. The summed E-state index contributed by atoms with van der Waals surface area (Å²) in [6.45, 7) is 16.1. The van der Waals surface area contributed by atoms with E-state index in [1.54, 1.807) is 25.7 Å². The van der Waals surface area contributed by atoms with Gasteiger partial charge in [0.05, 0.1) is 17.0 Å². The second-order valence-electron chi connectivity index (χ2n) is 10.5. The quantitative estimate of drug-likeness (QED) is 0.687. The molecular weight excluding hydrogens is 440 g/mol. The van der Waals surface area contributed by atoms with Crippen LogP contribution < -0.4 is 14.9 Å². The van der Waals surface area contributed by atoms with Crippen LogP contribution in [0.25, 0.3) is 0 Å². The van der Waals surface area contributed by atoms with Gasteiger partial charge in [0.2, 0.25) is 10.0 Å². The van der Waals surface area contributed by atoms with Gasteiger partial charge in [-0.2, -0.15) is 0 Å². The van der Waals surface area contributed by atoms with E-state index in [-0.39, 0.29) is 24.3 Å². The summed E-state index contributed by atoms with van der Waals surface area (Å²) >= 11 is 0. The van der Waals surface area contributed by atoms with Gasteiger partial charge in [0.25, 0.3) is 0 Å². The molecule has 2 heterocycles. The standard InChI is InChI=1S/C24H40N4O4S/c1-16-13-22(28-14-18(3)32-19(4)15-28)17(2)12-21(16)25-23(29)27-10-8-20(9-11-27)26-33(30,31)24(5,6)7/h12-13,18-20,26H,8-11,14-15H2,1-7H3,(H,25,29). The maximum atomic E-state index is 12.9. The van der Waals surface area contributed by atoms with Crippen molar-refractivity contribution in [1.29, 1.82) is 0 Å². The molecule has 2 amide bonds. The molecule has 1 aromatic rings. The van der Waals surface area contributed by atoms with Crippen LogP contribution in [0.1, 0.15) is 58.6 Å². The molecule has 0 spiro atoms. The number of hydrogen-bond acceptors (Lipinski definition) is 5. The minimum Gasteiger partial charge on any atom is -0.372 e. The number of carbonyl (C=O) groups is 1. The van der Waals surface area contributed by atoms with Gasteiger partial charge >= 0.3 is 6.03 Å². The third kappa shape index (κ3) is 6.19. The average molecular weight is 481 g/mol. The van der Waals surface area contributed by atoms with Crippen LogP contribution in [0.2, 0.25) is 0 Å². The number of piperidine rings is 1. The molecule has 8 nitrogen and oxygen atoms in total. The van der Waals surface area contributed by atoms with Crippen LogP contribution in [0.5, 0.6) is 0 Å². The second kappa shape index (κ2) is 9.80. The minimum atomic E-state index is -3.40. The van der Waals surface area contributed by atoms with Crippen LogP contribution in [0.15, 0.2) is 12.1 Å². The van der Waals surface area contributed by atoms with Gasteiger partial charge in [0.1, 0.15) is 0 Å². The van der Waals surface area contributed by atoms with Crippen LogP contribution in [0.3, 0.4) is 0 Å². The van der Waals surface area contributed by atoms with E-state index in [0.717, 1.165) is 29.9 Å². The number of sulfonamides is 1. The monoisotopic (exact) mass is 480 g/mol. The summed E-state index contributed by atoms with van der Waals surface area (Å²) in [6, 6.07) is 3.90. The Morgan fingerprint density at radius 3 is 2.15 bits per heavy atom. The molecule has 0 bridgehead atoms. The number of benzene rings is 1. The molecule has 0 aromatic heterocycles. The fourth-order valence-electron chi connectivity index (χ4n) is 4.44. The SMILES string of the molecule is Cc1cc(N2CC(C)OC(C)C2)c(C)cc1NC(=O)N1CCC(NS(=O)(=O)C(C)(C)C)CC1. The summed E-state index contributed by atoms with van der Waals surface area (Å²) in [5.74, 6) is 0. The Labute approximate surface area is 199 Å². The third-order valence-electron chi connectivity index (χ3n) is 6.46. The number of aryl methyl sites for hydroxylation is 2. The smallest absolute Gasteiger partial charge is 0.321 e. The number of ether oxygens (including phenoxy) is 1. The number of nitrogens with zero attached hydrogens (tertiary/aromatic N) is 2. The van der Waals surface area contributed by atoms with Crippen LogP contribution in [0.4, 0.5) is 16.2 Å². The van der Waals surface area contributed by atoms with Gasteiger partial charge in [-0.15, -0.1) is 0 Å². The molecule has 0 radical (unpaired) electrons. The number of likely N-dealkylation sites (tertiary alicyclic amines) is 1. The van der Waals surface area contributed by atoms with Crippen LogP contribution in [-0.2, 0) is 14.8 Å². The topological polar surface area (TPSA) is 91.0 Å². The Hall–Kier alpha value is -1.84. The van der Waals surface area contributed by atoms with Crippen molar-refractivity contribution < 1.29 is 17.9 Å². The van der Waals surface area contributed by atoms with E-state index >= 15 is 0 Å². The first-order chi connectivity index (χ1) is 15.3. The highest BCUT2D eigenvalue weighted by Crippen LogP contribution is 2.30.